The van der Waals surface area contributed by atoms with E-state index in [1.165, 1.54) is 30.4 Å². The minimum Gasteiger partial charge on any atom is -0.481 e. The first kappa shape index (κ1) is 13.4. The van der Waals surface area contributed by atoms with Gasteiger partial charge in [-0.05, 0) is 23.8 Å². The summed E-state index contributed by atoms with van der Waals surface area (Å²) >= 11 is 0. The number of hydrogen-bond donors (Lipinski definition) is 3. The predicted octanol–water partition coefficient (Wildman–Crippen LogP) is 1.57. The van der Waals surface area contributed by atoms with Gasteiger partial charge in [0.15, 0.2) is 0 Å². The minimum atomic E-state index is -1.21. The second-order valence-electron chi connectivity index (χ2n) is 3.41. The Labute approximate surface area is 102 Å². The van der Waals surface area contributed by atoms with E-state index in [-0.39, 0.29) is 23.1 Å². The molecule has 0 amide bonds. The molecule has 1 aromatic carbocycles. The van der Waals surface area contributed by atoms with E-state index >= 15 is 0 Å². The van der Waals surface area contributed by atoms with Crippen LogP contribution < -0.4 is 0 Å². The van der Waals surface area contributed by atoms with Crippen molar-refractivity contribution in [2.24, 2.45) is 0 Å². The Bertz CT molecular complexity index is 529. The van der Waals surface area contributed by atoms with Gasteiger partial charge >= 0.3 is 17.9 Å². The van der Waals surface area contributed by atoms with Crippen molar-refractivity contribution in [1.29, 1.82) is 0 Å². The molecule has 0 bridgehead atoms. The maximum absolute atomic E-state index is 10.9. The summed E-state index contributed by atoms with van der Waals surface area (Å²) in [4.78, 5) is 32.0. The molecule has 1 aromatic rings. The van der Waals surface area contributed by atoms with Crippen molar-refractivity contribution in [2.45, 2.75) is 6.42 Å². The maximum atomic E-state index is 10.9. The number of rotatable bonds is 5. The number of carboxylic acid groups (broad SMARTS) is 3. The molecule has 0 unspecified atom stereocenters. The normalized spacial score (nSPS) is 10.4. The van der Waals surface area contributed by atoms with Crippen molar-refractivity contribution in [2.75, 3.05) is 0 Å². The van der Waals surface area contributed by atoms with Crippen LogP contribution in [0.1, 0.15) is 32.7 Å². The summed E-state index contributed by atoms with van der Waals surface area (Å²) in [5, 5.41) is 26.1. The summed E-state index contributed by atoms with van der Waals surface area (Å²) in [7, 11) is 0. The molecular formula is C12H10O6. The van der Waals surface area contributed by atoms with Crippen molar-refractivity contribution < 1.29 is 29.7 Å². The predicted molar refractivity (Wildman–Crippen MR) is 61.6 cm³/mol. The fraction of sp³-hybridized carbons (Fsp3) is 0.0833. The van der Waals surface area contributed by atoms with Crippen molar-refractivity contribution in [3.05, 3.63) is 41.0 Å². The lowest BCUT2D eigenvalue weighted by Crippen LogP contribution is -2.03. The third-order valence-corrected chi connectivity index (χ3v) is 2.12. The molecule has 0 heterocycles. The largest absolute Gasteiger partial charge is 0.481 e. The van der Waals surface area contributed by atoms with Crippen molar-refractivity contribution in [3.8, 4) is 0 Å². The number of benzene rings is 1. The lowest BCUT2D eigenvalue weighted by atomic mass is 10.0. The van der Waals surface area contributed by atoms with Crippen LogP contribution in [0.25, 0.3) is 6.08 Å². The maximum Gasteiger partial charge on any atom is 0.336 e. The van der Waals surface area contributed by atoms with Gasteiger partial charge in [0.05, 0.1) is 17.5 Å². The van der Waals surface area contributed by atoms with Gasteiger partial charge in [0.2, 0.25) is 0 Å². The van der Waals surface area contributed by atoms with Gasteiger partial charge in [0.1, 0.15) is 0 Å². The van der Waals surface area contributed by atoms with Crippen LogP contribution >= 0.6 is 0 Å². The molecule has 0 aliphatic heterocycles. The average molecular weight is 250 g/mol. The first-order chi connectivity index (χ1) is 8.41. The van der Waals surface area contributed by atoms with Crippen LogP contribution in [0.5, 0.6) is 0 Å². The second-order valence-corrected chi connectivity index (χ2v) is 3.41. The van der Waals surface area contributed by atoms with Crippen LogP contribution in [0.4, 0.5) is 0 Å². The van der Waals surface area contributed by atoms with Gasteiger partial charge in [-0.3, -0.25) is 4.79 Å². The van der Waals surface area contributed by atoms with E-state index < -0.39 is 17.9 Å². The van der Waals surface area contributed by atoms with Crippen LogP contribution in [0.3, 0.4) is 0 Å². The van der Waals surface area contributed by atoms with Gasteiger partial charge < -0.3 is 15.3 Å². The minimum absolute atomic E-state index is 0.0602. The summed E-state index contributed by atoms with van der Waals surface area (Å²) in [5.74, 6) is -3.45. The summed E-state index contributed by atoms with van der Waals surface area (Å²) < 4.78 is 0. The molecule has 94 valence electrons. The molecule has 0 fully saturated rings. The number of aliphatic carboxylic acids is 1. The first-order valence-electron chi connectivity index (χ1n) is 4.91. The van der Waals surface area contributed by atoms with Gasteiger partial charge in [-0.1, -0.05) is 12.2 Å². The SMILES string of the molecule is O=C(O)CC=Cc1cc(C(=O)O)ccc1C(=O)O. The molecule has 6 heteroatoms. The molecular weight excluding hydrogens is 240 g/mol. The fourth-order valence-electron chi connectivity index (χ4n) is 1.32. The lowest BCUT2D eigenvalue weighted by Gasteiger charge is -2.02. The molecule has 0 aromatic heterocycles. The zero-order chi connectivity index (χ0) is 13.7. The zero-order valence-electron chi connectivity index (χ0n) is 9.16. The molecule has 3 N–H and O–H groups in total. The third kappa shape index (κ3) is 3.44. The zero-order valence-corrected chi connectivity index (χ0v) is 9.16. The van der Waals surface area contributed by atoms with Crippen molar-refractivity contribution >= 4 is 24.0 Å². The Morgan fingerprint density at radius 2 is 1.72 bits per heavy atom. The summed E-state index contributed by atoms with van der Waals surface area (Å²) in [6.07, 6.45) is 2.27. The molecule has 0 aliphatic rings. The van der Waals surface area contributed by atoms with Crippen LogP contribution in [0.15, 0.2) is 24.3 Å². The number of hydrogen-bond acceptors (Lipinski definition) is 3. The quantitative estimate of drug-likeness (QED) is 0.731. The second kappa shape index (κ2) is 5.62. The molecule has 0 spiro atoms. The van der Waals surface area contributed by atoms with E-state index in [0.29, 0.717) is 0 Å². The van der Waals surface area contributed by atoms with Crippen LogP contribution in [0, 0.1) is 0 Å². The van der Waals surface area contributed by atoms with Crippen LogP contribution in [-0.2, 0) is 4.79 Å². The van der Waals surface area contributed by atoms with Crippen molar-refractivity contribution in [3.63, 3.8) is 0 Å². The van der Waals surface area contributed by atoms with E-state index in [1.807, 2.05) is 0 Å². The van der Waals surface area contributed by atoms with E-state index in [4.69, 9.17) is 15.3 Å². The van der Waals surface area contributed by atoms with Gasteiger partial charge in [0.25, 0.3) is 0 Å². The van der Waals surface area contributed by atoms with Gasteiger partial charge in [0, 0.05) is 0 Å². The average Bonchev–Trinajstić information content (AvgIpc) is 2.27. The van der Waals surface area contributed by atoms with Crippen LogP contribution in [0.2, 0.25) is 0 Å². The van der Waals surface area contributed by atoms with Gasteiger partial charge in [-0.2, -0.15) is 0 Å². The van der Waals surface area contributed by atoms with E-state index in [2.05, 4.69) is 0 Å². The molecule has 0 saturated heterocycles. The molecule has 0 radical (unpaired) electrons. The molecule has 6 nitrogen and oxygen atoms in total. The lowest BCUT2D eigenvalue weighted by molar-refractivity contribution is -0.135. The Morgan fingerprint density at radius 1 is 1.06 bits per heavy atom. The highest BCUT2D eigenvalue weighted by molar-refractivity contribution is 5.95. The molecule has 0 atom stereocenters. The molecule has 18 heavy (non-hydrogen) atoms. The summed E-state index contributed by atoms with van der Waals surface area (Å²) in [6.45, 7) is 0. The Balaban J connectivity index is 3.15. The smallest absolute Gasteiger partial charge is 0.336 e. The Kier molecular flexibility index (Phi) is 4.20. The van der Waals surface area contributed by atoms with E-state index in [9.17, 15) is 14.4 Å². The Hall–Kier alpha value is -2.63. The van der Waals surface area contributed by atoms with Gasteiger partial charge in [-0.15, -0.1) is 0 Å². The first-order valence-corrected chi connectivity index (χ1v) is 4.91. The van der Waals surface area contributed by atoms with E-state index in [1.54, 1.807) is 0 Å². The highest BCUT2D eigenvalue weighted by atomic mass is 16.4. The summed E-state index contributed by atoms with van der Waals surface area (Å²) in [6, 6.07) is 3.54. The number of aromatic carboxylic acids is 2. The number of carboxylic acids is 3. The topological polar surface area (TPSA) is 112 Å². The third-order valence-electron chi connectivity index (χ3n) is 2.12. The van der Waals surface area contributed by atoms with Crippen molar-refractivity contribution in [1.82, 2.24) is 0 Å². The highest BCUT2D eigenvalue weighted by Crippen LogP contribution is 2.14. The van der Waals surface area contributed by atoms with Gasteiger partial charge in [-0.25, -0.2) is 9.59 Å². The Morgan fingerprint density at radius 3 is 2.22 bits per heavy atom. The number of carbonyl (C=O) groups is 3. The highest BCUT2D eigenvalue weighted by Gasteiger charge is 2.11. The monoisotopic (exact) mass is 250 g/mol. The standard InChI is InChI=1S/C12H10O6/c13-10(14)3-1-2-7-6-8(11(15)16)4-5-9(7)12(17)18/h1-2,4-6H,3H2,(H,13,14)(H,15,16)(H,17,18). The summed E-state index contributed by atoms with van der Waals surface area (Å²) in [5.41, 5.74) is 0.0141. The van der Waals surface area contributed by atoms with E-state index in [0.717, 1.165) is 0 Å². The molecule has 0 aliphatic carbocycles. The molecule has 0 saturated carbocycles. The van der Waals surface area contributed by atoms with Crippen LogP contribution in [-0.4, -0.2) is 33.2 Å². The molecule has 1 rings (SSSR count). The fourth-order valence-corrected chi connectivity index (χ4v) is 1.32.